The van der Waals surface area contributed by atoms with Gasteiger partial charge < -0.3 is 20.1 Å². The number of carbonyl (C=O) groups is 3. The summed E-state index contributed by atoms with van der Waals surface area (Å²) in [5.41, 5.74) is 4.40. The van der Waals surface area contributed by atoms with Gasteiger partial charge in [-0.25, -0.2) is 5.43 Å². The van der Waals surface area contributed by atoms with Crippen LogP contribution in [0.15, 0.2) is 47.6 Å². The van der Waals surface area contributed by atoms with E-state index in [4.69, 9.17) is 9.47 Å². The molecule has 3 N–H and O–H groups in total. The molecular formula is C21H24N4O5. The number of nitrogens with zero attached hydrogens (tertiary/aromatic N) is 1. The van der Waals surface area contributed by atoms with Crippen LogP contribution in [0.2, 0.25) is 0 Å². The van der Waals surface area contributed by atoms with Gasteiger partial charge in [0.2, 0.25) is 5.91 Å². The molecular weight excluding hydrogens is 388 g/mol. The molecule has 0 aromatic heterocycles. The summed E-state index contributed by atoms with van der Waals surface area (Å²) in [6, 6.07) is 11.9. The van der Waals surface area contributed by atoms with Crippen LogP contribution in [0.1, 0.15) is 18.9 Å². The first-order chi connectivity index (χ1) is 14.3. The van der Waals surface area contributed by atoms with Crippen LogP contribution in [-0.2, 0) is 14.4 Å². The molecule has 2 rings (SSSR count). The van der Waals surface area contributed by atoms with Gasteiger partial charge in [0.1, 0.15) is 11.5 Å². The van der Waals surface area contributed by atoms with Crippen molar-refractivity contribution in [1.29, 1.82) is 0 Å². The normalized spacial score (nSPS) is 10.7. The van der Waals surface area contributed by atoms with E-state index in [0.717, 1.165) is 5.56 Å². The van der Waals surface area contributed by atoms with Crippen molar-refractivity contribution >= 4 is 34.8 Å². The largest absolute Gasteiger partial charge is 0.497 e. The third-order valence-electron chi connectivity index (χ3n) is 3.95. The minimum atomic E-state index is -0.953. The van der Waals surface area contributed by atoms with Crippen LogP contribution in [0.25, 0.3) is 0 Å². The number of ether oxygens (including phenoxy) is 2. The molecule has 0 saturated carbocycles. The molecule has 0 heterocycles. The number of hydrazone groups is 1. The van der Waals surface area contributed by atoms with Crippen LogP contribution >= 0.6 is 0 Å². The van der Waals surface area contributed by atoms with Gasteiger partial charge in [0.05, 0.1) is 26.3 Å². The van der Waals surface area contributed by atoms with E-state index >= 15 is 0 Å². The molecule has 0 aliphatic carbocycles. The van der Waals surface area contributed by atoms with Gasteiger partial charge in [-0.3, -0.25) is 14.4 Å². The summed E-state index contributed by atoms with van der Waals surface area (Å²) in [6.45, 7) is 3.46. The van der Waals surface area contributed by atoms with Crippen molar-refractivity contribution in [1.82, 2.24) is 5.43 Å². The third-order valence-corrected chi connectivity index (χ3v) is 3.95. The summed E-state index contributed by atoms with van der Waals surface area (Å²) in [6.07, 6.45) is -0.0719. The number of carbonyl (C=O) groups excluding carboxylic acids is 3. The molecule has 0 saturated heterocycles. The second kappa shape index (κ2) is 10.6. The Kier molecular flexibility index (Phi) is 7.92. The van der Waals surface area contributed by atoms with Crippen LogP contribution < -0.4 is 25.5 Å². The zero-order chi connectivity index (χ0) is 22.1. The first kappa shape index (κ1) is 22.4. The summed E-state index contributed by atoms with van der Waals surface area (Å²) >= 11 is 0. The molecule has 0 bridgehead atoms. The van der Waals surface area contributed by atoms with Crippen LogP contribution in [0, 0.1) is 6.92 Å². The number of amides is 3. The van der Waals surface area contributed by atoms with Gasteiger partial charge in [-0.2, -0.15) is 5.10 Å². The lowest BCUT2D eigenvalue weighted by Crippen LogP contribution is -2.33. The predicted octanol–water partition coefficient (Wildman–Crippen LogP) is 2.47. The van der Waals surface area contributed by atoms with Gasteiger partial charge in [-0.05, 0) is 55.8 Å². The number of nitrogens with one attached hydrogen (secondary N) is 3. The molecule has 2 aromatic carbocycles. The Labute approximate surface area is 174 Å². The van der Waals surface area contributed by atoms with Crippen molar-refractivity contribution in [2.45, 2.75) is 20.3 Å². The summed E-state index contributed by atoms with van der Waals surface area (Å²) in [5.74, 6) is -1.01. The van der Waals surface area contributed by atoms with E-state index in [1.165, 1.54) is 14.2 Å². The Balaban J connectivity index is 1.87. The molecule has 0 fully saturated rings. The van der Waals surface area contributed by atoms with Gasteiger partial charge in [0, 0.05) is 11.4 Å². The third kappa shape index (κ3) is 6.62. The van der Waals surface area contributed by atoms with Gasteiger partial charge in [0.15, 0.2) is 0 Å². The molecule has 0 spiro atoms. The number of hydrogen-bond acceptors (Lipinski definition) is 6. The molecule has 158 valence electrons. The number of aryl methyl sites for hydroxylation is 1. The molecule has 0 radical (unpaired) electrons. The zero-order valence-electron chi connectivity index (χ0n) is 17.2. The highest BCUT2D eigenvalue weighted by Gasteiger charge is 2.14. The summed E-state index contributed by atoms with van der Waals surface area (Å²) < 4.78 is 10.2. The van der Waals surface area contributed by atoms with Crippen molar-refractivity contribution in [3.63, 3.8) is 0 Å². The van der Waals surface area contributed by atoms with E-state index in [2.05, 4.69) is 21.2 Å². The Morgan fingerprint density at radius 1 is 0.933 bits per heavy atom. The summed E-state index contributed by atoms with van der Waals surface area (Å²) in [7, 11) is 3.04. The first-order valence-electron chi connectivity index (χ1n) is 9.05. The smallest absolute Gasteiger partial charge is 0.329 e. The number of benzene rings is 2. The lowest BCUT2D eigenvalue weighted by Gasteiger charge is -2.11. The molecule has 3 amide bonds. The Bertz CT molecular complexity index is 954. The maximum Gasteiger partial charge on any atom is 0.329 e. The second-order valence-corrected chi connectivity index (χ2v) is 6.40. The topological polar surface area (TPSA) is 118 Å². The number of methoxy groups -OCH3 is 2. The second-order valence-electron chi connectivity index (χ2n) is 6.40. The van der Waals surface area contributed by atoms with E-state index in [-0.39, 0.29) is 12.3 Å². The minimum absolute atomic E-state index is 0.0719. The zero-order valence-corrected chi connectivity index (χ0v) is 17.2. The number of hydrogen-bond donors (Lipinski definition) is 3. The SMILES string of the molecule is COc1ccc(NC(=O)C(=O)N/N=C(/C)CC(=O)Nc2cc(C)ccc2OC)cc1. The van der Waals surface area contributed by atoms with Crippen LogP contribution in [0.3, 0.4) is 0 Å². The lowest BCUT2D eigenvalue weighted by molar-refractivity contribution is -0.136. The van der Waals surface area contributed by atoms with E-state index in [1.54, 1.807) is 43.3 Å². The van der Waals surface area contributed by atoms with E-state index in [9.17, 15) is 14.4 Å². The molecule has 2 aromatic rings. The van der Waals surface area contributed by atoms with Gasteiger partial charge in [-0.15, -0.1) is 0 Å². The summed E-state index contributed by atoms with van der Waals surface area (Å²) in [4.78, 5) is 36.1. The van der Waals surface area contributed by atoms with Crippen molar-refractivity contribution in [3.05, 3.63) is 48.0 Å². The minimum Gasteiger partial charge on any atom is -0.497 e. The molecule has 0 aliphatic heterocycles. The van der Waals surface area contributed by atoms with Crippen LogP contribution in [0.5, 0.6) is 11.5 Å². The molecule has 9 heteroatoms. The monoisotopic (exact) mass is 412 g/mol. The Morgan fingerprint density at radius 2 is 1.63 bits per heavy atom. The van der Waals surface area contributed by atoms with Gasteiger partial charge in [-0.1, -0.05) is 6.07 Å². The Hall–Kier alpha value is -3.88. The maximum atomic E-state index is 12.2. The van der Waals surface area contributed by atoms with Crippen LogP contribution in [-0.4, -0.2) is 37.7 Å². The van der Waals surface area contributed by atoms with Crippen molar-refractivity contribution in [2.24, 2.45) is 5.10 Å². The average Bonchev–Trinajstić information content (AvgIpc) is 2.72. The van der Waals surface area contributed by atoms with E-state index in [1.807, 2.05) is 13.0 Å². The standard InChI is InChI=1S/C21H24N4O5/c1-13-5-10-18(30-4)17(11-13)23-19(26)12-14(2)24-25-21(28)20(27)22-15-6-8-16(29-3)9-7-15/h5-11H,12H2,1-4H3,(H,22,27)(H,23,26)(H,25,28)/b24-14-. The van der Waals surface area contributed by atoms with Gasteiger partial charge in [0.25, 0.3) is 0 Å². The summed E-state index contributed by atoms with van der Waals surface area (Å²) in [5, 5.41) is 8.98. The molecule has 0 aliphatic rings. The van der Waals surface area contributed by atoms with Gasteiger partial charge >= 0.3 is 11.8 Å². The first-order valence-corrected chi connectivity index (χ1v) is 9.05. The fourth-order valence-corrected chi connectivity index (χ4v) is 2.44. The highest BCUT2D eigenvalue weighted by molar-refractivity contribution is 6.39. The Morgan fingerprint density at radius 3 is 2.27 bits per heavy atom. The molecule has 0 unspecified atom stereocenters. The molecule has 0 atom stereocenters. The predicted molar refractivity (Wildman–Crippen MR) is 114 cm³/mol. The molecule has 9 nitrogen and oxygen atoms in total. The fraction of sp³-hybridized carbons (Fsp3) is 0.238. The fourth-order valence-electron chi connectivity index (χ4n) is 2.44. The maximum absolute atomic E-state index is 12.2. The lowest BCUT2D eigenvalue weighted by atomic mass is 10.2. The highest BCUT2D eigenvalue weighted by Crippen LogP contribution is 2.25. The average molecular weight is 412 g/mol. The number of rotatable bonds is 7. The van der Waals surface area contributed by atoms with Crippen LogP contribution in [0.4, 0.5) is 11.4 Å². The van der Waals surface area contributed by atoms with E-state index < -0.39 is 11.8 Å². The highest BCUT2D eigenvalue weighted by atomic mass is 16.5. The quantitative estimate of drug-likeness (QED) is 0.367. The van der Waals surface area contributed by atoms with E-state index in [0.29, 0.717) is 28.6 Å². The van der Waals surface area contributed by atoms with Crippen molar-refractivity contribution < 1.29 is 23.9 Å². The van der Waals surface area contributed by atoms with Crippen molar-refractivity contribution in [2.75, 3.05) is 24.9 Å². The van der Waals surface area contributed by atoms with Crippen molar-refractivity contribution in [3.8, 4) is 11.5 Å². The number of anilines is 2. The molecule has 30 heavy (non-hydrogen) atoms.